The summed E-state index contributed by atoms with van der Waals surface area (Å²) in [7, 11) is 0. The fraction of sp³-hybridized carbons (Fsp3) is 0.517. The molecule has 0 unspecified atom stereocenters. The average Bonchev–Trinajstić information content (AvgIpc) is 3.58. The fourth-order valence-corrected chi connectivity index (χ4v) is 5.24. The van der Waals surface area contributed by atoms with Gasteiger partial charge in [0.05, 0.1) is 0 Å². The summed E-state index contributed by atoms with van der Waals surface area (Å²) in [6, 6.07) is 2.90. The van der Waals surface area contributed by atoms with E-state index in [9.17, 15) is 24.0 Å². The lowest BCUT2D eigenvalue weighted by atomic mass is 9.97. The highest BCUT2D eigenvalue weighted by molar-refractivity contribution is 6.02. The second-order valence-corrected chi connectivity index (χ2v) is 10.5. The summed E-state index contributed by atoms with van der Waals surface area (Å²) in [4.78, 5) is 64.0. The minimum absolute atomic E-state index is 0.0195. The van der Waals surface area contributed by atoms with Crippen molar-refractivity contribution in [3.05, 3.63) is 58.4 Å². The third-order valence-corrected chi connectivity index (χ3v) is 7.44. The number of amides is 3. The third kappa shape index (κ3) is 7.92. The van der Waals surface area contributed by atoms with Crippen molar-refractivity contribution in [2.45, 2.75) is 83.4 Å². The first kappa shape index (κ1) is 29.8. The Balaban J connectivity index is 1.48. The van der Waals surface area contributed by atoms with Gasteiger partial charge in [0.15, 0.2) is 5.69 Å². The van der Waals surface area contributed by atoms with Gasteiger partial charge in [0.1, 0.15) is 23.6 Å². The standard InChI is InChI=1S/C29H37N5O7/c1-3-24(34-15-7-10-22(29(34)39)32-27(37)23-16-18(2)41-33-23)28(38)31-20(17-19-13-14-30-26(19)36)11-12-25(35)40-21-8-5-4-6-9-21/h7,10-12,15-16,19-21,24H,3-6,8-9,13-14,17H2,1-2H3,(H,30,36)(H,31,38)(H,32,37)/t19-,20+,24-/m0/s1. The van der Waals surface area contributed by atoms with Crippen molar-refractivity contribution in [3.63, 3.8) is 0 Å². The van der Waals surface area contributed by atoms with Crippen molar-refractivity contribution >= 4 is 29.4 Å². The van der Waals surface area contributed by atoms with Gasteiger partial charge in [-0.15, -0.1) is 0 Å². The lowest BCUT2D eigenvalue weighted by Gasteiger charge is -2.23. The van der Waals surface area contributed by atoms with Crippen LogP contribution in [0.5, 0.6) is 0 Å². The molecule has 12 nitrogen and oxygen atoms in total. The molecule has 2 aromatic rings. The first-order valence-electron chi connectivity index (χ1n) is 14.2. The van der Waals surface area contributed by atoms with Crippen LogP contribution in [-0.2, 0) is 19.1 Å². The number of esters is 1. The minimum Gasteiger partial charge on any atom is -0.459 e. The predicted molar refractivity (Wildman–Crippen MR) is 149 cm³/mol. The van der Waals surface area contributed by atoms with Gasteiger partial charge < -0.3 is 29.8 Å². The van der Waals surface area contributed by atoms with E-state index in [1.807, 2.05) is 0 Å². The van der Waals surface area contributed by atoms with Gasteiger partial charge in [-0.2, -0.15) is 0 Å². The number of rotatable bonds is 11. The number of ether oxygens (including phenoxy) is 1. The van der Waals surface area contributed by atoms with Crippen LogP contribution in [0.2, 0.25) is 0 Å². The van der Waals surface area contributed by atoms with Crippen molar-refractivity contribution in [1.29, 1.82) is 0 Å². The van der Waals surface area contributed by atoms with Gasteiger partial charge in [-0.05, 0) is 64.0 Å². The Morgan fingerprint density at radius 1 is 1.22 bits per heavy atom. The smallest absolute Gasteiger partial charge is 0.330 e. The molecule has 0 radical (unpaired) electrons. The van der Waals surface area contributed by atoms with Gasteiger partial charge in [-0.3, -0.25) is 19.2 Å². The predicted octanol–water partition coefficient (Wildman–Crippen LogP) is 2.79. The number of pyridine rings is 1. The van der Waals surface area contributed by atoms with Crippen LogP contribution in [0.3, 0.4) is 0 Å². The summed E-state index contributed by atoms with van der Waals surface area (Å²) < 4.78 is 11.7. The molecule has 3 amide bonds. The van der Waals surface area contributed by atoms with Crippen LogP contribution in [0.25, 0.3) is 0 Å². The van der Waals surface area contributed by atoms with Crippen molar-refractivity contribution in [2.75, 3.05) is 11.9 Å². The molecule has 2 aromatic heterocycles. The summed E-state index contributed by atoms with van der Waals surface area (Å²) in [6.07, 6.45) is 10.3. The van der Waals surface area contributed by atoms with E-state index >= 15 is 0 Å². The van der Waals surface area contributed by atoms with Crippen LogP contribution in [0.1, 0.15) is 80.6 Å². The van der Waals surface area contributed by atoms with Crippen LogP contribution in [-0.4, -0.2) is 52.1 Å². The van der Waals surface area contributed by atoms with Crippen LogP contribution in [0.15, 0.2) is 45.9 Å². The van der Waals surface area contributed by atoms with Gasteiger partial charge in [-0.1, -0.05) is 24.6 Å². The lowest BCUT2D eigenvalue weighted by Crippen LogP contribution is -2.43. The SMILES string of the molecule is CC[C@@H](C(=O)N[C@H](C=CC(=O)OC1CCCCC1)C[C@@H]1CCNC1=O)n1cccc(NC(=O)c2cc(C)on2)c1=O. The second-order valence-electron chi connectivity index (χ2n) is 10.5. The maximum Gasteiger partial charge on any atom is 0.330 e. The second kappa shape index (κ2) is 13.9. The maximum atomic E-state index is 13.5. The molecule has 0 spiro atoms. The van der Waals surface area contributed by atoms with Crippen LogP contribution in [0, 0.1) is 12.8 Å². The van der Waals surface area contributed by atoms with E-state index in [4.69, 9.17) is 9.26 Å². The number of aromatic nitrogens is 2. The van der Waals surface area contributed by atoms with Crippen molar-refractivity contribution in [3.8, 4) is 0 Å². The first-order valence-corrected chi connectivity index (χ1v) is 14.2. The summed E-state index contributed by atoms with van der Waals surface area (Å²) in [5.41, 5.74) is -0.565. The normalized spacial score (nSPS) is 19.0. The number of hydrogen-bond donors (Lipinski definition) is 3. The highest BCUT2D eigenvalue weighted by Crippen LogP contribution is 2.21. The fourth-order valence-electron chi connectivity index (χ4n) is 5.24. The molecule has 2 fully saturated rings. The molecule has 41 heavy (non-hydrogen) atoms. The van der Waals surface area contributed by atoms with Crippen molar-refractivity contribution < 1.29 is 28.4 Å². The molecule has 1 saturated heterocycles. The van der Waals surface area contributed by atoms with E-state index < -0.39 is 35.4 Å². The Bertz CT molecular complexity index is 1340. The largest absolute Gasteiger partial charge is 0.459 e. The Morgan fingerprint density at radius 3 is 2.66 bits per heavy atom. The number of hydrogen-bond acceptors (Lipinski definition) is 8. The maximum absolute atomic E-state index is 13.5. The van der Waals surface area contributed by atoms with Gasteiger partial charge >= 0.3 is 5.97 Å². The lowest BCUT2D eigenvalue weighted by molar-refractivity contribution is -0.144. The van der Waals surface area contributed by atoms with E-state index in [0.717, 1.165) is 32.1 Å². The van der Waals surface area contributed by atoms with E-state index in [2.05, 4.69) is 21.1 Å². The molecule has 0 aromatic carbocycles. The molecule has 1 saturated carbocycles. The number of nitrogens with zero attached hydrogens (tertiary/aromatic N) is 2. The van der Waals surface area contributed by atoms with Crippen molar-refractivity contribution in [2.24, 2.45) is 5.92 Å². The molecule has 0 bridgehead atoms. The molecule has 3 N–H and O–H groups in total. The zero-order chi connectivity index (χ0) is 29.4. The number of nitrogens with one attached hydrogen (secondary N) is 3. The van der Waals surface area contributed by atoms with Crippen LogP contribution < -0.4 is 21.5 Å². The molecule has 12 heteroatoms. The third-order valence-electron chi connectivity index (χ3n) is 7.44. The Kier molecular flexibility index (Phi) is 10.1. The summed E-state index contributed by atoms with van der Waals surface area (Å²) in [6.45, 7) is 3.96. The van der Waals surface area contributed by atoms with E-state index in [1.165, 1.54) is 29.0 Å². The van der Waals surface area contributed by atoms with E-state index in [0.29, 0.717) is 25.1 Å². The minimum atomic E-state index is -0.906. The zero-order valence-corrected chi connectivity index (χ0v) is 23.4. The van der Waals surface area contributed by atoms with E-state index in [1.54, 1.807) is 26.0 Å². The number of carbonyl (C=O) groups excluding carboxylic acids is 4. The average molecular weight is 568 g/mol. The first-order chi connectivity index (χ1) is 19.7. The molecular formula is C29H37N5O7. The van der Waals surface area contributed by atoms with Crippen LogP contribution >= 0.6 is 0 Å². The highest BCUT2D eigenvalue weighted by atomic mass is 16.5. The number of carbonyl (C=O) groups is 4. The molecule has 220 valence electrons. The molecular weight excluding hydrogens is 530 g/mol. The molecule has 1 aliphatic carbocycles. The summed E-state index contributed by atoms with van der Waals surface area (Å²) in [5.74, 6) is -1.53. The van der Waals surface area contributed by atoms with Crippen LogP contribution in [0.4, 0.5) is 5.69 Å². The molecule has 2 aliphatic rings. The highest BCUT2D eigenvalue weighted by Gasteiger charge is 2.29. The molecule has 4 rings (SSSR count). The van der Waals surface area contributed by atoms with Crippen molar-refractivity contribution in [1.82, 2.24) is 20.4 Å². The number of anilines is 1. The Hall–Kier alpha value is -4.22. The van der Waals surface area contributed by atoms with E-state index in [-0.39, 0.29) is 35.7 Å². The topological polar surface area (TPSA) is 162 Å². The quantitative estimate of drug-likeness (QED) is 0.276. The van der Waals surface area contributed by atoms with Gasteiger partial charge in [0.25, 0.3) is 11.5 Å². The van der Waals surface area contributed by atoms with Gasteiger partial charge in [0.2, 0.25) is 11.8 Å². The summed E-state index contributed by atoms with van der Waals surface area (Å²) in [5, 5.41) is 11.9. The van der Waals surface area contributed by atoms with Gasteiger partial charge in [-0.25, -0.2) is 4.79 Å². The molecule has 3 atom stereocenters. The Morgan fingerprint density at radius 2 is 2.00 bits per heavy atom. The van der Waals surface area contributed by atoms with Gasteiger partial charge in [0, 0.05) is 36.8 Å². The monoisotopic (exact) mass is 567 g/mol. The molecule has 1 aliphatic heterocycles. The Labute approximate surface area is 237 Å². The molecule has 3 heterocycles. The number of aryl methyl sites for hydroxylation is 1. The summed E-state index contributed by atoms with van der Waals surface area (Å²) >= 11 is 0. The zero-order valence-electron chi connectivity index (χ0n) is 23.4.